The number of aryl methyl sites for hydroxylation is 1. The highest BCUT2D eigenvalue weighted by molar-refractivity contribution is 7.89. The van der Waals surface area contributed by atoms with Crippen molar-refractivity contribution in [3.8, 4) is 0 Å². The van der Waals surface area contributed by atoms with Gasteiger partial charge in [-0.1, -0.05) is 29.3 Å². The van der Waals surface area contributed by atoms with Crippen molar-refractivity contribution in [2.45, 2.75) is 11.8 Å². The Morgan fingerprint density at radius 3 is 2.21 bits per heavy atom. The molecule has 1 saturated heterocycles. The standard InChI is InChI=1S/C17H18ClFN2O2S/c1-13-2-5-15(6-3-13)24(22,23)21-10-8-20(9-11-21)14-4-7-17(19)16(18)12-14/h2-7,12H,8-11H2,1H3. The minimum atomic E-state index is -3.48. The summed E-state index contributed by atoms with van der Waals surface area (Å²) in [6.45, 7) is 3.75. The molecule has 2 aromatic rings. The number of rotatable bonds is 3. The summed E-state index contributed by atoms with van der Waals surface area (Å²) in [5.41, 5.74) is 1.82. The topological polar surface area (TPSA) is 40.6 Å². The van der Waals surface area contributed by atoms with Crippen LogP contribution in [0.4, 0.5) is 10.1 Å². The van der Waals surface area contributed by atoms with E-state index in [2.05, 4.69) is 0 Å². The first-order valence-corrected chi connectivity index (χ1v) is 9.46. The summed E-state index contributed by atoms with van der Waals surface area (Å²) >= 11 is 5.82. The van der Waals surface area contributed by atoms with E-state index in [1.54, 1.807) is 36.4 Å². The van der Waals surface area contributed by atoms with Gasteiger partial charge >= 0.3 is 0 Å². The van der Waals surface area contributed by atoms with Crippen LogP contribution in [0.5, 0.6) is 0 Å². The number of hydrogen-bond donors (Lipinski definition) is 0. The summed E-state index contributed by atoms with van der Waals surface area (Å²) in [6, 6.07) is 11.4. The van der Waals surface area contributed by atoms with E-state index in [0.717, 1.165) is 11.3 Å². The van der Waals surface area contributed by atoms with Crippen LogP contribution in [-0.4, -0.2) is 38.9 Å². The summed E-state index contributed by atoms with van der Waals surface area (Å²) in [5, 5.41) is 0.0715. The molecule has 0 aliphatic carbocycles. The van der Waals surface area contributed by atoms with E-state index in [1.165, 1.54) is 10.4 Å². The van der Waals surface area contributed by atoms with Gasteiger partial charge in [0.15, 0.2) is 0 Å². The lowest BCUT2D eigenvalue weighted by Crippen LogP contribution is -2.48. The van der Waals surface area contributed by atoms with Crippen molar-refractivity contribution in [2.24, 2.45) is 0 Å². The maximum atomic E-state index is 13.3. The van der Waals surface area contributed by atoms with Crippen LogP contribution in [0.15, 0.2) is 47.4 Å². The lowest BCUT2D eigenvalue weighted by molar-refractivity contribution is 0.385. The third-order valence-corrected chi connectivity index (χ3v) is 6.37. The second-order valence-electron chi connectivity index (χ2n) is 5.80. The Kier molecular flexibility index (Phi) is 4.80. The van der Waals surface area contributed by atoms with Gasteiger partial charge in [-0.15, -0.1) is 0 Å². The average molecular weight is 369 g/mol. The molecule has 0 atom stereocenters. The lowest BCUT2D eigenvalue weighted by atomic mass is 10.2. The predicted molar refractivity (Wildman–Crippen MR) is 93.6 cm³/mol. The van der Waals surface area contributed by atoms with E-state index >= 15 is 0 Å². The number of benzene rings is 2. The second-order valence-corrected chi connectivity index (χ2v) is 8.15. The van der Waals surface area contributed by atoms with Gasteiger partial charge in [-0.05, 0) is 37.3 Å². The van der Waals surface area contributed by atoms with Crippen molar-refractivity contribution in [3.05, 3.63) is 58.9 Å². The van der Waals surface area contributed by atoms with Crippen molar-refractivity contribution in [2.75, 3.05) is 31.1 Å². The van der Waals surface area contributed by atoms with Gasteiger partial charge in [0.25, 0.3) is 0 Å². The predicted octanol–water partition coefficient (Wildman–Crippen LogP) is 3.30. The van der Waals surface area contributed by atoms with Gasteiger partial charge in [-0.3, -0.25) is 0 Å². The molecule has 0 bridgehead atoms. The smallest absolute Gasteiger partial charge is 0.243 e. The molecular formula is C17H18ClFN2O2S. The van der Waals surface area contributed by atoms with Gasteiger partial charge in [-0.2, -0.15) is 4.31 Å². The molecule has 3 rings (SSSR count). The van der Waals surface area contributed by atoms with Gasteiger partial charge in [-0.25, -0.2) is 12.8 Å². The Hall–Kier alpha value is -1.63. The minimum absolute atomic E-state index is 0.0715. The van der Waals surface area contributed by atoms with E-state index in [9.17, 15) is 12.8 Å². The molecule has 1 aliphatic heterocycles. The van der Waals surface area contributed by atoms with Crippen molar-refractivity contribution >= 4 is 27.3 Å². The summed E-state index contributed by atoms with van der Waals surface area (Å²) in [6.07, 6.45) is 0. The van der Waals surface area contributed by atoms with Gasteiger partial charge in [0, 0.05) is 31.9 Å². The maximum Gasteiger partial charge on any atom is 0.243 e. The van der Waals surface area contributed by atoms with Gasteiger partial charge < -0.3 is 4.90 Å². The van der Waals surface area contributed by atoms with E-state index in [4.69, 9.17) is 11.6 Å². The minimum Gasteiger partial charge on any atom is -0.369 e. The Bertz CT molecular complexity index is 832. The van der Waals surface area contributed by atoms with Gasteiger partial charge in [0.1, 0.15) is 5.82 Å². The van der Waals surface area contributed by atoms with Gasteiger partial charge in [0.05, 0.1) is 9.92 Å². The number of nitrogens with zero attached hydrogens (tertiary/aromatic N) is 2. The molecule has 1 heterocycles. The highest BCUT2D eigenvalue weighted by atomic mass is 35.5. The number of hydrogen-bond acceptors (Lipinski definition) is 3. The first kappa shape index (κ1) is 17.2. The first-order valence-electron chi connectivity index (χ1n) is 7.65. The molecule has 0 N–H and O–H groups in total. The summed E-state index contributed by atoms with van der Waals surface area (Å²) < 4.78 is 40.1. The van der Waals surface area contributed by atoms with Gasteiger partial charge in [0.2, 0.25) is 10.0 Å². The highest BCUT2D eigenvalue weighted by Gasteiger charge is 2.28. The SMILES string of the molecule is Cc1ccc(S(=O)(=O)N2CCN(c3ccc(F)c(Cl)c3)CC2)cc1. The molecule has 128 valence electrons. The fourth-order valence-electron chi connectivity index (χ4n) is 2.73. The molecule has 2 aromatic carbocycles. The van der Waals surface area contributed by atoms with E-state index in [0.29, 0.717) is 31.1 Å². The largest absolute Gasteiger partial charge is 0.369 e. The van der Waals surface area contributed by atoms with E-state index in [1.807, 2.05) is 11.8 Å². The maximum absolute atomic E-state index is 13.3. The average Bonchev–Trinajstić information content (AvgIpc) is 2.58. The molecule has 0 unspecified atom stereocenters. The third-order valence-electron chi connectivity index (χ3n) is 4.17. The molecule has 7 heteroatoms. The zero-order valence-corrected chi connectivity index (χ0v) is 14.8. The molecule has 0 spiro atoms. The van der Waals surface area contributed by atoms with Crippen LogP contribution in [0.1, 0.15) is 5.56 Å². The molecule has 0 amide bonds. The summed E-state index contributed by atoms with van der Waals surface area (Å²) in [7, 11) is -3.48. The highest BCUT2D eigenvalue weighted by Crippen LogP contribution is 2.25. The fourth-order valence-corrected chi connectivity index (χ4v) is 4.32. The van der Waals surface area contributed by atoms with Crippen molar-refractivity contribution in [3.63, 3.8) is 0 Å². The molecule has 4 nitrogen and oxygen atoms in total. The molecule has 1 aliphatic rings. The molecule has 0 radical (unpaired) electrons. The Morgan fingerprint density at radius 2 is 1.62 bits per heavy atom. The summed E-state index contributed by atoms with van der Waals surface area (Å²) in [5.74, 6) is -0.457. The van der Waals surface area contributed by atoms with Crippen LogP contribution in [-0.2, 0) is 10.0 Å². The fraction of sp³-hybridized carbons (Fsp3) is 0.294. The van der Waals surface area contributed by atoms with E-state index < -0.39 is 15.8 Å². The summed E-state index contributed by atoms with van der Waals surface area (Å²) in [4.78, 5) is 2.32. The van der Waals surface area contributed by atoms with Crippen LogP contribution < -0.4 is 4.90 Å². The number of anilines is 1. The monoisotopic (exact) mass is 368 g/mol. The number of sulfonamides is 1. The Morgan fingerprint density at radius 1 is 1.00 bits per heavy atom. The number of halogens is 2. The lowest BCUT2D eigenvalue weighted by Gasteiger charge is -2.35. The molecule has 1 fully saturated rings. The second kappa shape index (κ2) is 6.70. The molecule has 0 aromatic heterocycles. The van der Waals surface area contributed by atoms with Crippen molar-refractivity contribution in [1.29, 1.82) is 0 Å². The van der Waals surface area contributed by atoms with Crippen LogP contribution in [0.3, 0.4) is 0 Å². The zero-order chi connectivity index (χ0) is 17.3. The molecule has 24 heavy (non-hydrogen) atoms. The first-order chi connectivity index (χ1) is 11.4. The van der Waals surface area contributed by atoms with Crippen molar-refractivity contribution < 1.29 is 12.8 Å². The van der Waals surface area contributed by atoms with Crippen LogP contribution in [0, 0.1) is 12.7 Å². The van der Waals surface area contributed by atoms with Crippen LogP contribution >= 0.6 is 11.6 Å². The Balaban J connectivity index is 1.72. The zero-order valence-electron chi connectivity index (χ0n) is 13.2. The van der Waals surface area contributed by atoms with Crippen molar-refractivity contribution in [1.82, 2.24) is 4.31 Å². The third kappa shape index (κ3) is 3.41. The Labute approximate surface area is 146 Å². The number of piperazine rings is 1. The quantitative estimate of drug-likeness (QED) is 0.834. The van der Waals surface area contributed by atoms with Crippen LogP contribution in [0.2, 0.25) is 5.02 Å². The van der Waals surface area contributed by atoms with E-state index in [-0.39, 0.29) is 5.02 Å². The molecule has 0 saturated carbocycles. The van der Waals surface area contributed by atoms with Crippen LogP contribution in [0.25, 0.3) is 0 Å². The normalized spacial score (nSPS) is 16.4. The molecular weight excluding hydrogens is 351 g/mol.